The molecule has 0 aromatic carbocycles. The van der Waals surface area contributed by atoms with E-state index in [-0.39, 0.29) is 17.4 Å². The molecule has 1 aromatic rings. The average Bonchev–Trinajstić information content (AvgIpc) is 3.05. The monoisotopic (exact) mass is 359 g/mol. The fourth-order valence-electron chi connectivity index (χ4n) is 5.23. The minimum atomic E-state index is 0.0882. The second-order valence-electron chi connectivity index (χ2n) is 8.67. The van der Waals surface area contributed by atoms with Gasteiger partial charge in [0, 0.05) is 49.7 Å². The van der Waals surface area contributed by atoms with Crippen LogP contribution >= 0.6 is 0 Å². The van der Waals surface area contributed by atoms with E-state index >= 15 is 0 Å². The smallest absolute Gasteiger partial charge is 0.317 e. The van der Waals surface area contributed by atoms with E-state index < -0.39 is 0 Å². The fourth-order valence-corrected chi connectivity index (χ4v) is 5.23. The zero-order valence-corrected chi connectivity index (χ0v) is 15.4. The number of amides is 2. The molecule has 1 aromatic heterocycles. The summed E-state index contributed by atoms with van der Waals surface area (Å²) in [6.45, 7) is 3.14. The Morgan fingerprint density at radius 2 is 1.96 bits per heavy atom. The van der Waals surface area contributed by atoms with E-state index in [9.17, 15) is 4.79 Å². The van der Waals surface area contributed by atoms with E-state index in [4.69, 9.17) is 4.74 Å². The van der Waals surface area contributed by atoms with Gasteiger partial charge in [0.05, 0.1) is 0 Å². The van der Waals surface area contributed by atoms with Crippen molar-refractivity contribution in [3.63, 3.8) is 0 Å². The van der Waals surface area contributed by atoms with E-state index in [1.807, 2.05) is 11.2 Å². The molecule has 5 rings (SSSR count). The Balaban J connectivity index is 1.38. The highest BCUT2D eigenvalue weighted by Crippen LogP contribution is 2.50. The van der Waals surface area contributed by atoms with E-state index in [0.29, 0.717) is 12.1 Å². The first kappa shape index (κ1) is 16.5. The van der Waals surface area contributed by atoms with Crippen LogP contribution in [0.5, 0.6) is 0 Å². The van der Waals surface area contributed by atoms with Gasteiger partial charge in [-0.3, -0.25) is 0 Å². The van der Waals surface area contributed by atoms with Gasteiger partial charge >= 0.3 is 6.03 Å². The van der Waals surface area contributed by atoms with Crippen LogP contribution in [0.1, 0.15) is 69.2 Å². The number of nitrogens with one attached hydrogen (secondary N) is 1. The van der Waals surface area contributed by atoms with Crippen LogP contribution < -0.4 is 5.32 Å². The summed E-state index contributed by atoms with van der Waals surface area (Å²) >= 11 is 0. The maximum absolute atomic E-state index is 12.9. The number of hydrogen-bond donors (Lipinski definition) is 1. The lowest BCUT2D eigenvalue weighted by molar-refractivity contribution is 0.0119. The Kier molecular flexibility index (Phi) is 4.14. The first-order chi connectivity index (χ1) is 12.8. The first-order valence-corrected chi connectivity index (χ1v) is 10.3. The molecule has 1 N–H and O–H groups in total. The van der Waals surface area contributed by atoms with Crippen molar-refractivity contribution in [1.82, 2.24) is 25.0 Å². The van der Waals surface area contributed by atoms with Gasteiger partial charge in [0.25, 0.3) is 0 Å². The molecule has 4 fully saturated rings. The molecule has 2 aliphatic carbocycles. The third kappa shape index (κ3) is 2.90. The molecule has 2 saturated heterocycles. The summed E-state index contributed by atoms with van der Waals surface area (Å²) in [4.78, 5) is 15.0. The van der Waals surface area contributed by atoms with Crippen LogP contribution in [0.4, 0.5) is 4.79 Å². The molecular formula is C19H29N5O2. The third-order valence-corrected chi connectivity index (χ3v) is 6.96. The molecule has 2 saturated carbocycles. The number of rotatable bonds is 3. The topological polar surface area (TPSA) is 72.3 Å². The summed E-state index contributed by atoms with van der Waals surface area (Å²) in [5, 5.41) is 12.0. The Hall–Kier alpha value is -1.63. The highest BCUT2D eigenvalue weighted by molar-refractivity contribution is 5.75. The third-order valence-electron chi connectivity index (χ3n) is 6.96. The number of likely N-dealkylation sites (tertiary alicyclic amines) is 1. The predicted molar refractivity (Wildman–Crippen MR) is 95.9 cm³/mol. The number of hydrogen-bond acceptors (Lipinski definition) is 4. The lowest BCUT2D eigenvalue weighted by Crippen LogP contribution is -2.44. The highest BCUT2D eigenvalue weighted by Gasteiger charge is 2.51. The summed E-state index contributed by atoms with van der Waals surface area (Å²) in [5.74, 6) is 1.36. The maximum Gasteiger partial charge on any atom is 0.317 e. The van der Waals surface area contributed by atoms with Gasteiger partial charge in [0.2, 0.25) is 0 Å². The van der Waals surface area contributed by atoms with E-state index in [2.05, 4.69) is 20.1 Å². The lowest BCUT2D eigenvalue weighted by Gasteiger charge is -2.37. The predicted octanol–water partition coefficient (Wildman–Crippen LogP) is 2.46. The lowest BCUT2D eigenvalue weighted by atomic mass is 9.71. The number of urea groups is 1. The van der Waals surface area contributed by atoms with Crippen LogP contribution in [-0.2, 0) is 4.74 Å². The van der Waals surface area contributed by atoms with E-state index in [1.54, 1.807) is 0 Å². The van der Waals surface area contributed by atoms with Crippen LogP contribution in [-0.4, -0.2) is 58.0 Å². The molecule has 4 aliphatic rings. The standard InChI is InChI=1S/C19H29N5O2/c25-18(21-14-3-1-2-4-14)23-11-16(19(12-23)7-9-26-10-8-19)17-22-20-13-24(17)15-5-6-15/h13-16H,1-12H2,(H,21,25). The number of ether oxygens (including phenoxy) is 1. The van der Waals surface area contributed by atoms with Crippen molar-refractivity contribution in [3.8, 4) is 0 Å². The van der Waals surface area contributed by atoms with Crippen molar-refractivity contribution in [2.24, 2.45) is 5.41 Å². The Morgan fingerprint density at radius 1 is 1.19 bits per heavy atom. The van der Waals surface area contributed by atoms with Crippen molar-refractivity contribution in [2.75, 3.05) is 26.3 Å². The minimum absolute atomic E-state index is 0.0882. The normalized spacial score (nSPS) is 28.8. The molecular weight excluding hydrogens is 330 g/mol. The molecule has 7 nitrogen and oxygen atoms in total. The molecule has 142 valence electrons. The van der Waals surface area contributed by atoms with Crippen LogP contribution in [0.3, 0.4) is 0 Å². The molecule has 2 amide bonds. The molecule has 1 atom stereocenters. The summed E-state index contributed by atoms with van der Waals surface area (Å²) in [6.07, 6.45) is 11.1. The molecule has 7 heteroatoms. The molecule has 3 heterocycles. The summed E-state index contributed by atoms with van der Waals surface area (Å²) < 4.78 is 7.93. The van der Waals surface area contributed by atoms with Gasteiger partial charge in [0.15, 0.2) is 0 Å². The van der Waals surface area contributed by atoms with Crippen LogP contribution in [0, 0.1) is 5.41 Å². The van der Waals surface area contributed by atoms with Gasteiger partial charge in [-0.1, -0.05) is 12.8 Å². The Morgan fingerprint density at radius 3 is 2.69 bits per heavy atom. The Bertz CT molecular complexity index is 659. The maximum atomic E-state index is 12.9. The van der Waals surface area contributed by atoms with E-state index in [0.717, 1.165) is 57.8 Å². The van der Waals surface area contributed by atoms with Crippen molar-refractivity contribution >= 4 is 6.03 Å². The van der Waals surface area contributed by atoms with Gasteiger partial charge in [-0.25, -0.2) is 4.79 Å². The van der Waals surface area contributed by atoms with Crippen molar-refractivity contribution in [1.29, 1.82) is 0 Å². The number of nitrogens with zero attached hydrogens (tertiary/aromatic N) is 4. The van der Waals surface area contributed by atoms with Crippen LogP contribution in [0.2, 0.25) is 0 Å². The van der Waals surface area contributed by atoms with Crippen molar-refractivity contribution < 1.29 is 9.53 Å². The van der Waals surface area contributed by atoms with Gasteiger partial charge in [-0.05, 0) is 38.5 Å². The summed E-state index contributed by atoms with van der Waals surface area (Å²) in [5.41, 5.74) is 0.0882. The van der Waals surface area contributed by atoms with Gasteiger partial charge < -0.3 is 19.5 Å². The minimum Gasteiger partial charge on any atom is -0.381 e. The number of aromatic nitrogens is 3. The molecule has 0 bridgehead atoms. The molecule has 26 heavy (non-hydrogen) atoms. The zero-order valence-electron chi connectivity index (χ0n) is 15.4. The molecule has 1 unspecified atom stereocenters. The van der Waals surface area contributed by atoms with Crippen molar-refractivity contribution in [2.45, 2.75) is 69.4 Å². The van der Waals surface area contributed by atoms with Crippen molar-refractivity contribution in [3.05, 3.63) is 12.2 Å². The Labute approximate surface area is 154 Å². The second kappa shape index (κ2) is 6.51. The highest BCUT2D eigenvalue weighted by atomic mass is 16.5. The molecule has 0 radical (unpaired) electrons. The number of carbonyl (C=O) groups excluding carboxylic acids is 1. The quantitative estimate of drug-likeness (QED) is 0.900. The van der Waals surface area contributed by atoms with Crippen LogP contribution in [0.25, 0.3) is 0 Å². The van der Waals surface area contributed by atoms with Crippen LogP contribution in [0.15, 0.2) is 6.33 Å². The van der Waals surface area contributed by atoms with E-state index in [1.165, 1.54) is 25.7 Å². The van der Waals surface area contributed by atoms with Gasteiger partial charge in [-0.15, -0.1) is 10.2 Å². The van der Waals surface area contributed by atoms with Gasteiger partial charge in [0.1, 0.15) is 12.2 Å². The molecule has 2 aliphatic heterocycles. The largest absolute Gasteiger partial charge is 0.381 e. The second-order valence-corrected chi connectivity index (χ2v) is 8.67. The summed E-state index contributed by atoms with van der Waals surface area (Å²) in [6, 6.07) is 1.04. The SMILES string of the molecule is O=C(NC1CCCC1)N1CC(c2nncn2C2CC2)C2(CCOCC2)C1. The zero-order chi connectivity index (χ0) is 17.6. The van der Waals surface area contributed by atoms with Gasteiger partial charge in [-0.2, -0.15) is 0 Å². The first-order valence-electron chi connectivity index (χ1n) is 10.3. The fraction of sp³-hybridized carbons (Fsp3) is 0.842. The molecule has 1 spiro atoms. The summed E-state index contributed by atoms with van der Waals surface area (Å²) in [7, 11) is 0. The number of carbonyl (C=O) groups is 1. The average molecular weight is 359 g/mol.